The minimum atomic E-state index is -0.750. The third kappa shape index (κ3) is 32.6. The molecule has 8 atom stereocenters. The van der Waals surface area contributed by atoms with Crippen LogP contribution in [0, 0.1) is 47.3 Å². The zero-order chi connectivity index (χ0) is 104. The average Bonchev–Trinajstić information content (AvgIpc) is 1.57. The van der Waals surface area contributed by atoms with E-state index in [2.05, 4.69) is 202 Å². The molecule has 14 rings (SSSR count). The number of carbonyl (C=O) groups is 4. The number of nitrogens with zero attached hydrogens (tertiary/aromatic N) is 1. The van der Waals surface area contributed by atoms with Crippen molar-refractivity contribution in [1.82, 2.24) is 0 Å². The van der Waals surface area contributed by atoms with E-state index in [9.17, 15) is 19.2 Å². The van der Waals surface area contributed by atoms with Crippen LogP contribution in [0.15, 0.2) is 71.2 Å². The monoisotopic (exact) mass is 2400 g/mol. The van der Waals surface area contributed by atoms with Gasteiger partial charge in [0.15, 0.2) is 4.30 Å². The van der Waals surface area contributed by atoms with E-state index in [1.807, 2.05) is 24.3 Å². The van der Waals surface area contributed by atoms with Gasteiger partial charge in [-0.25, -0.2) is 19.2 Å². The molecule has 32 heteroatoms. The van der Waals surface area contributed by atoms with Gasteiger partial charge < -0.3 is 37.9 Å². The van der Waals surface area contributed by atoms with Gasteiger partial charge in [-0.15, -0.1) is 136 Å². The molecular weight excluding hydrogens is 2260 g/mol. The molecule has 0 N–H and O–H groups in total. The summed E-state index contributed by atoms with van der Waals surface area (Å²) in [5.41, 5.74) is 0. The van der Waals surface area contributed by atoms with Gasteiger partial charge >= 0.3 is 48.6 Å². The fraction of sp³-hybridized carbons (Fsp3) is 0.575. The molecule has 0 fully saturated rings. The fourth-order valence-corrected chi connectivity index (χ4v) is 34.2. The van der Waals surface area contributed by atoms with Crippen LogP contribution in [0.3, 0.4) is 0 Å². The topological polar surface area (TPSA) is 154 Å². The Morgan fingerprint density at radius 3 is 0.724 bits per heavy atom. The van der Waals surface area contributed by atoms with Crippen LogP contribution in [0.5, 0.6) is 23.0 Å². The van der Waals surface area contributed by atoms with Crippen LogP contribution in [0.1, 0.15) is 355 Å². The number of thiophene rings is 12. The molecule has 1 radical (unpaired) electrons. The van der Waals surface area contributed by atoms with Crippen LogP contribution < -0.4 is 18.9 Å². The second kappa shape index (κ2) is 62.6. The standard InChI is InChI=1S/C56H72Br2O6S6.C56H74O6S6.CHCl3.BHNS/c1-9-17-21-33(13-5)29-61-45-37-25-41(51-49-39(53(57)69-51)27-43(67-49)55(59)63-31-35(15-7)23-19-11-3)66-48(37)46(62-30-34(14-6)22-18-10-2)38-26-42(65-47(38)45)52-50-40(54(58)70-52)28-44(68-50)56(60)64-32-36(16-8)24-20-12-4;1-9-17-21-35(13-5)29-59-47-41-27-43(53-49-39(33-63-53)25-45(67-49)55(57)61-31-37(15-7)23-19-11-3)66-52(41)48(60-30-36(14-6)22-18-10-2)42-28-44(65-51(42)47)54-50-40(34-64-54)26-46(68-50)56(58)62-32-38(16-8)24-20-12-4;2-1(3)4;1-2-3/h25-28,33-36H,9-24,29-32H2,1-8H3;25-28,33-38H,9-24,29-32H2,1-8H3;1H;3H. The zero-order valence-corrected chi connectivity index (χ0v) is 104. The number of carbonyl (C=O) groups excluding carboxylic acids is 4. The molecule has 0 aliphatic rings. The van der Waals surface area contributed by atoms with E-state index in [0.717, 1.165) is 307 Å². The Hall–Kier alpha value is -3.96. The Labute approximate surface area is 948 Å². The summed E-state index contributed by atoms with van der Waals surface area (Å²) < 4.78 is 65.2. The first-order valence-corrected chi connectivity index (χ1v) is 66.2. The van der Waals surface area contributed by atoms with Gasteiger partial charge in [-0.05, 0) is 179 Å². The summed E-state index contributed by atoms with van der Waals surface area (Å²) in [4.78, 5) is 65.9. The van der Waals surface area contributed by atoms with E-state index in [0.29, 0.717) is 120 Å². The summed E-state index contributed by atoms with van der Waals surface area (Å²) >= 11 is 45.6. The quantitative estimate of drug-likeness (QED) is 0.0127. The van der Waals surface area contributed by atoms with Crippen LogP contribution in [0.2, 0.25) is 0 Å². The number of thiol groups is 1. The Morgan fingerprint density at radius 1 is 0.297 bits per heavy atom. The van der Waals surface area contributed by atoms with Gasteiger partial charge in [-0.1, -0.05) is 300 Å². The number of hydrogen-bond donors (Lipinski definition) is 1. The van der Waals surface area contributed by atoms with Crippen molar-refractivity contribution in [2.45, 2.75) is 321 Å². The second-order valence-electron chi connectivity index (χ2n) is 38.1. The van der Waals surface area contributed by atoms with Gasteiger partial charge in [0.05, 0.1) is 118 Å². The molecule has 145 heavy (non-hydrogen) atoms. The number of unbranched alkanes of at least 4 members (excludes halogenated alkanes) is 8. The van der Waals surface area contributed by atoms with Crippen molar-refractivity contribution < 1.29 is 57.1 Å². The van der Waals surface area contributed by atoms with E-state index in [4.69, 9.17) is 72.7 Å². The van der Waals surface area contributed by atoms with Gasteiger partial charge in [0.25, 0.3) is 0 Å². The average molecular weight is 2410 g/mol. The van der Waals surface area contributed by atoms with E-state index in [1.165, 1.54) is 71.0 Å². The number of alkyl halides is 3. The first kappa shape index (κ1) is 121. The number of halogens is 5. The number of ether oxygens (including phenoxy) is 8. The van der Waals surface area contributed by atoms with Crippen LogP contribution in [-0.4, -0.2) is 88.7 Å². The van der Waals surface area contributed by atoms with Crippen molar-refractivity contribution in [1.29, 1.82) is 0 Å². The van der Waals surface area contributed by atoms with E-state index in [1.54, 1.807) is 113 Å². The Bertz CT molecular complexity index is 5920. The summed E-state index contributed by atoms with van der Waals surface area (Å²) in [6.07, 6.45) is 35.7. The van der Waals surface area contributed by atoms with Crippen molar-refractivity contribution in [3.05, 3.63) is 86.4 Å². The predicted molar refractivity (Wildman–Crippen MR) is 653 cm³/mol. The molecule has 0 saturated heterocycles. The normalized spacial score (nSPS) is 13.4. The molecule has 12 heterocycles. The summed E-state index contributed by atoms with van der Waals surface area (Å²) in [5.74, 6) is 6.13. The maximum absolute atomic E-state index is 13.6. The van der Waals surface area contributed by atoms with Gasteiger partial charge in [0, 0.05) is 73.4 Å². The van der Waals surface area contributed by atoms with Gasteiger partial charge in [0.1, 0.15) is 42.5 Å². The number of hydrogen-bond acceptors (Lipinski definition) is 26. The first-order valence-electron chi connectivity index (χ1n) is 53.0. The zero-order valence-electron chi connectivity index (χ0n) is 87.4. The molecule has 8 unspecified atom stereocenters. The second-order valence-corrected chi connectivity index (χ2v) is 55.2. The Kier molecular flexibility index (Phi) is 52.3. The van der Waals surface area contributed by atoms with Crippen molar-refractivity contribution in [3.8, 4) is 62.0 Å². The first-order chi connectivity index (χ1) is 70.3. The number of rotatable bonds is 60. The molecule has 2 aromatic carbocycles. The van der Waals surface area contributed by atoms with Crippen molar-refractivity contribution >= 4 is 328 Å². The molecule has 0 spiro atoms. The molecule has 0 aliphatic carbocycles. The van der Waals surface area contributed by atoms with Gasteiger partial charge in [0.2, 0.25) is 0 Å². The van der Waals surface area contributed by atoms with Crippen molar-refractivity contribution in [3.63, 3.8) is 0 Å². The van der Waals surface area contributed by atoms with E-state index >= 15 is 0 Å². The Balaban J connectivity index is 0.000000260. The summed E-state index contributed by atoms with van der Waals surface area (Å²) in [7, 11) is 4.34. The summed E-state index contributed by atoms with van der Waals surface area (Å²) in [6.45, 7) is 40.2. The number of esters is 4. The molecule has 0 saturated carbocycles. The third-order valence-electron chi connectivity index (χ3n) is 27.7. The number of benzene rings is 2. The molecule has 0 aliphatic heterocycles. The molecular formula is C113H148BBr2Cl3NO12S13. The Morgan fingerprint density at radius 2 is 0.503 bits per heavy atom. The van der Waals surface area contributed by atoms with E-state index in [-0.39, 0.29) is 23.9 Å². The predicted octanol–water partition coefficient (Wildman–Crippen LogP) is 43.6. The van der Waals surface area contributed by atoms with Crippen molar-refractivity contribution in [2.24, 2.45) is 51.6 Å². The van der Waals surface area contributed by atoms with E-state index < -0.39 is 4.30 Å². The van der Waals surface area contributed by atoms with Crippen molar-refractivity contribution in [2.75, 3.05) is 52.9 Å². The minimum absolute atomic E-state index is 0.220. The molecule has 0 bridgehead atoms. The van der Waals surface area contributed by atoms with Gasteiger partial charge in [-0.3, -0.25) is 0 Å². The molecule has 12 aromatic heterocycles. The summed E-state index contributed by atoms with van der Waals surface area (Å²) in [5, 5.41) is 12.9. The van der Waals surface area contributed by atoms with Crippen LogP contribution in [0.4, 0.5) is 0 Å². The molecule has 793 valence electrons. The fourth-order valence-electron chi connectivity index (χ4n) is 18.0. The van der Waals surface area contributed by atoms with Gasteiger partial charge in [-0.2, -0.15) is 0 Å². The van der Waals surface area contributed by atoms with Crippen LogP contribution >= 0.6 is 216 Å². The molecule has 13 nitrogen and oxygen atoms in total. The SMILES string of the molecule is CCCCC(CC)COC(=O)c1cc2c(Br)sc(-c3cc4c(OCC(CC)CCCC)c5sc(-c6sc(Br)c7cc(C(=O)OCC(CC)CCCC)sc67)cc5c(OCC(CC)CCCC)c4s3)c2s1.CCCCC(CC)COC(=O)c1cc2csc(-c3cc4c(OCC(CC)CCCC)c5sc(-c6scc7cc(C(=O)OCC(CC)CCCC)sc67)cc5c(OCC(CC)CCCC)c4s3)c2s1.ClC(Cl)Cl.[B]=NS. The summed E-state index contributed by atoms with van der Waals surface area (Å²) in [6, 6.07) is 17.3. The van der Waals surface area contributed by atoms with Crippen LogP contribution in [-0.2, 0) is 18.9 Å². The molecule has 0 amide bonds. The van der Waals surface area contributed by atoms with Crippen LogP contribution in [0.25, 0.3) is 120 Å². The third-order valence-corrected chi connectivity index (χ3v) is 43.8. The number of fused-ring (bicyclic) bond motifs is 8. The maximum atomic E-state index is 13.6. The molecule has 14 aromatic rings.